The first kappa shape index (κ1) is 25.9. The Morgan fingerprint density at radius 2 is 1.65 bits per heavy atom. The zero-order chi connectivity index (χ0) is 26.2. The molecule has 0 fully saturated rings. The number of carboxylic acid groups (broad SMARTS) is 1. The van der Waals surface area contributed by atoms with Gasteiger partial charge >= 0.3 is 12.1 Å². The highest BCUT2D eigenvalue weighted by atomic mass is 32.2. The van der Waals surface area contributed by atoms with Crippen molar-refractivity contribution in [2.75, 3.05) is 37.5 Å². The molecule has 0 atom stereocenters. The summed E-state index contributed by atoms with van der Waals surface area (Å²) in [5, 5.41) is 9.26. The summed E-state index contributed by atoms with van der Waals surface area (Å²) in [7, 11) is 1.53. The number of anilines is 1. The Balaban J connectivity index is 1.33. The lowest BCUT2D eigenvalue weighted by molar-refractivity contribution is -0.138. The number of benzene rings is 3. The SMILES string of the molecule is COc1ccc(OC(=O)N(CC(=O)O)Cc2ccc(OCCN3C(=O)CSc4ccccc43)cc2)cc1. The Labute approximate surface area is 218 Å². The maximum Gasteiger partial charge on any atom is 0.416 e. The average molecular weight is 523 g/mol. The number of amides is 2. The summed E-state index contributed by atoms with van der Waals surface area (Å²) in [5.41, 5.74) is 1.60. The minimum Gasteiger partial charge on any atom is -0.497 e. The molecule has 10 heteroatoms. The van der Waals surface area contributed by atoms with E-state index in [1.807, 2.05) is 24.3 Å². The van der Waals surface area contributed by atoms with Crippen molar-refractivity contribution in [3.63, 3.8) is 0 Å². The second-order valence-corrected chi connectivity index (χ2v) is 9.10. The third kappa shape index (κ3) is 6.95. The summed E-state index contributed by atoms with van der Waals surface area (Å²) in [4.78, 5) is 40.2. The van der Waals surface area contributed by atoms with E-state index in [0.29, 0.717) is 36.0 Å². The van der Waals surface area contributed by atoms with Crippen LogP contribution in [0.5, 0.6) is 17.2 Å². The molecule has 1 aliphatic rings. The Hall–Kier alpha value is -4.18. The highest BCUT2D eigenvalue weighted by Crippen LogP contribution is 2.34. The predicted molar refractivity (Wildman–Crippen MR) is 139 cm³/mol. The fourth-order valence-electron chi connectivity index (χ4n) is 3.72. The van der Waals surface area contributed by atoms with Crippen LogP contribution in [-0.4, -0.2) is 60.5 Å². The van der Waals surface area contributed by atoms with E-state index in [0.717, 1.165) is 15.5 Å². The molecule has 4 rings (SSSR count). The van der Waals surface area contributed by atoms with E-state index in [1.54, 1.807) is 53.4 Å². The molecule has 9 nitrogen and oxygen atoms in total. The van der Waals surface area contributed by atoms with Gasteiger partial charge in [0.2, 0.25) is 5.91 Å². The van der Waals surface area contributed by atoms with Crippen LogP contribution in [0.25, 0.3) is 0 Å². The number of hydrogen-bond acceptors (Lipinski definition) is 7. The third-order valence-electron chi connectivity index (χ3n) is 5.54. The molecule has 1 aliphatic heterocycles. The zero-order valence-corrected chi connectivity index (χ0v) is 21.0. The van der Waals surface area contributed by atoms with Crippen molar-refractivity contribution < 1.29 is 33.7 Å². The van der Waals surface area contributed by atoms with E-state index in [2.05, 4.69) is 0 Å². The highest BCUT2D eigenvalue weighted by molar-refractivity contribution is 8.00. The number of para-hydroxylation sites is 1. The van der Waals surface area contributed by atoms with Gasteiger partial charge in [-0.05, 0) is 54.1 Å². The summed E-state index contributed by atoms with van der Waals surface area (Å²) in [6.07, 6.45) is -0.780. The number of aliphatic carboxylic acids is 1. The van der Waals surface area contributed by atoms with Gasteiger partial charge in [-0.15, -0.1) is 11.8 Å². The Kier molecular flexibility index (Phi) is 8.52. The molecule has 0 bridgehead atoms. The van der Waals surface area contributed by atoms with Gasteiger partial charge in [-0.25, -0.2) is 4.79 Å². The fraction of sp³-hybridized carbons (Fsp3) is 0.222. The number of nitrogens with zero attached hydrogens (tertiary/aromatic N) is 2. The molecule has 0 saturated heterocycles. The number of carbonyl (C=O) groups is 3. The minimum absolute atomic E-state index is 0.0400. The molecule has 1 N–H and O–H groups in total. The van der Waals surface area contributed by atoms with Gasteiger partial charge in [-0.3, -0.25) is 14.5 Å². The van der Waals surface area contributed by atoms with E-state index in [9.17, 15) is 19.5 Å². The summed E-state index contributed by atoms with van der Waals surface area (Å²) in [5.74, 6) is 0.775. The van der Waals surface area contributed by atoms with Gasteiger partial charge in [-0.1, -0.05) is 24.3 Å². The smallest absolute Gasteiger partial charge is 0.416 e. The van der Waals surface area contributed by atoms with Gasteiger partial charge in [0.25, 0.3) is 0 Å². The van der Waals surface area contributed by atoms with Crippen LogP contribution in [0.2, 0.25) is 0 Å². The van der Waals surface area contributed by atoms with E-state index in [-0.39, 0.29) is 18.2 Å². The van der Waals surface area contributed by atoms with Crippen LogP contribution in [0.15, 0.2) is 77.7 Å². The van der Waals surface area contributed by atoms with Gasteiger partial charge in [0.05, 0.1) is 25.1 Å². The molecule has 0 unspecified atom stereocenters. The molecule has 3 aromatic rings. The molecule has 3 aromatic carbocycles. The van der Waals surface area contributed by atoms with Crippen LogP contribution in [0.3, 0.4) is 0 Å². The molecule has 0 saturated carbocycles. The topological polar surface area (TPSA) is 106 Å². The molecule has 0 aliphatic carbocycles. The maximum absolute atomic E-state index is 12.6. The fourth-order valence-corrected chi connectivity index (χ4v) is 4.66. The number of rotatable bonds is 10. The first-order valence-corrected chi connectivity index (χ1v) is 12.5. The lowest BCUT2D eigenvalue weighted by Crippen LogP contribution is -2.38. The van der Waals surface area contributed by atoms with Crippen LogP contribution >= 0.6 is 11.8 Å². The van der Waals surface area contributed by atoms with Crippen molar-refractivity contribution in [1.29, 1.82) is 0 Å². The molecule has 192 valence electrons. The lowest BCUT2D eigenvalue weighted by atomic mass is 10.2. The summed E-state index contributed by atoms with van der Waals surface area (Å²) < 4.78 is 16.2. The molecular weight excluding hydrogens is 496 g/mol. The number of fused-ring (bicyclic) bond motifs is 1. The van der Waals surface area contributed by atoms with Gasteiger partial charge in [0, 0.05) is 11.4 Å². The number of carboxylic acids is 1. The summed E-state index contributed by atoms with van der Waals surface area (Å²) in [6.45, 7) is 0.250. The second kappa shape index (κ2) is 12.2. The normalized spacial score (nSPS) is 12.5. The largest absolute Gasteiger partial charge is 0.497 e. The van der Waals surface area contributed by atoms with E-state index in [1.165, 1.54) is 18.9 Å². The van der Waals surface area contributed by atoms with E-state index >= 15 is 0 Å². The molecule has 0 aromatic heterocycles. The van der Waals surface area contributed by atoms with Crippen LogP contribution in [0, 0.1) is 0 Å². The quantitative estimate of drug-likeness (QED) is 0.420. The van der Waals surface area contributed by atoms with Crippen molar-refractivity contribution >= 4 is 35.4 Å². The van der Waals surface area contributed by atoms with Crippen LogP contribution < -0.4 is 19.1 Å². The Morgan fingerprint density at radius 3 is 2.35 bits per heavy atom. The van der Waals surface area contributed by atoms with Crippen LogP contribution in [0.1, 0.15) is 5.56 Å². The van der Waals surface area contributed by atoms with E-state index < -0.39 is 18.6 Å². The van der Waals surface area contributed by atoms with Crippen molar-refractivity contribution in [2.24, 2.45) is 0 Å². The number of methoxy groups -OCH3 is 1. The predicted octanol–water partition coefficient (Wildman–Crippen LogP) is 4.30. The van der Waals surface area contributed by atoms with Gasteiger partial charge in [0.15, 0.2) is 0 Å². The van der Waals surface area contributed by atoms with Gasteiger partial charge in [-0.2, -0.15) is 0 Å². The number of hydrogen-bond donors (Lipinski definition) is 1. The maximum atomic E-state index is 12.6. The number of ether oxygens (including phenoxy) is 3. The zero-order valence-electron chi connectivity index (χ0n) is 20.2. The molecule has 0 radical (unpaired) electrons. The first-order chi connectivity index (χ1) is 17.9. The van der Waals surface area contributed by atoms with Crippen LogP contribution in [0.4, 0.5) is 10.5 Å². The number of thioether (sulfide) groups is 1. The highest BCUT2D eigenvalue weighted by Gasteiger charge is 2.24. The molecular formula is C27H26N2O7S. The summed E-state index contributed by atoms with van der Waals surface area (Å²) >= 11 is 1.53. The third-order valence-corrected chi connectivity index (χ3v) is 6.59. The van der Waals surface area contributed by atoms with Crippen molar-refractivity contribution in [3.8, 4) is 17.2 Å². The summed E-state index contributed by atoms with van der Waals surface area (Å²) in [6, 6.07) is 21.2. The van der Waals surface area contributed by atoms with Gasteiger partial charge < -0.3 is 24.2 Å². The number of carbonyl (C=O) groups excluding carboxylic acids is 2. The Bertz CT molecular complexity index is 1250. The minimum atomic E-state index is -1.15. The van der Waals surface area contributed by atoms with Crippen molar-refractivity contribution in [2.45, 2.75) is 11.4 Å². The van der Waals surface area contributed by atoms with Crippen molar-refractivity contribution in [3.05, 3.63) is 78.4 Å². The first-order valence-electron chi connectivity index (χ1n) is 11.5. The van der Waals surface area contributed by atoms with E-state index in [4.69, 9.17) is 14.2 Å². The molecule has 37 heavy (non-hydrogen) atoms. The standard InChI is InChI=1S/C27H26N2O7S/c1-34-20-10-12-22(13-11-20)36-27(33)28(17-26(31)32)16-19-6-8-21(9-7-19)35-15-14-29-23-4-2-3-5-24(23)37-18-25(29)30/h2-13H,14-18H2,1H3,(H,31,32). The Morgan fingerprint density at radius 1 is 0.973 bits per heavy atom. The molecule has 0 spiro atoms. The lowest BCUT2D eigenvalue weighted by Gasteiger charge is -2.28. The monoisotopic (exact) mass is 522 g/mol. The van der Waals surface area contributed by atoms with Crippen molar-refractivity contribution in [1.82, 2.24) is 4.90 Å². The average Bonchev–Trinajstić information content (AvgIpc) is 2.90. The second-order valence-electron chi connectivity index (χ2n) is 8.09. The molecule has 2 amide bonds. The molecule has 1 heterocycles. The van der Waals surface area contributed by atoms with Gasteiger partial charge in [0.1, 0.15) is 30.4 Å². The van der Waals surface area contributed by atoms with Crippen LogP contribution in [-0.2, 0) is 16.1 Å².